The molecule has 0 radical (unpaired) electrons. The average molecular weight is 295 g/mol. The van der Waals surface area contributed by atoms with Crippen molar-refractivity contribution in [2.45, 2.75) is 44.8 Å². The number of β-amino-alcohol motifs (C(OH)–C–C–N with tert-alkyl or cyclic N) is 1. The lowest BCUT2D eigenvalue weighted by Crippen LogP contribution is -2.48. The molecule has 6 heteroatoms. The summed E-state index contributed by atoms with van der Waals surface area (Å²) in [5, 5.41) is 10.7. The summed E-state index contributed by atoms with van der Waals surface area (Å²) in [6.07, 6.45) is 4.25. The maximum Gasteiger partial charge on any atom is 0.222 e. The van der Waals surface area contributed by atoms with Crippen molar-refractivity contribution in [2.24, 2.45) is 0 Å². The molecule has 0 aliphatic carbocycles. The highest BCUT2D eigenvalue weighted by molar-refractivity contribution is 5.75. The van der Waals surface area contributed by atoms with Crippen molar-refractivity contribution in [1.29, 1.82) is 0 Å². The fourth-order valence-electron chi connectivity index (χ4n) is 2.82. The van der Waals surface area contributed by atoms with Crippen LogP contribution >= 0.6 is 0 Å². The molecule has 6 nitrogen and oxygen atoms in total. The topological polar surface area (TPSA) is 69.8 Å². The van der Waals surface area contributed by atoms with Crippen LogP contribution in [0.5, 0.6) is 0 Å². The summed E-state index contributed by atoms with van der Waals surface area (Å²) >= 11 is 0. The van der Waals surface area contributed by atoms with Gasteiger partial charge in [-0.2, -0.15) is 0 Å². The summed E-state index contributed by atoms with van der Waals surface area (Å²) in [6, 6.07) is 0. The lowest BCUT2D eigenvalue weighted by atomic mass is 9.88. The van der Waals surface area contributed by atoms with Crippen LogP contribution in [0.4, 0.5) is 0 Å². The number of rotatable bonds is 5. The number of aliphatic hydroxyl groups is 1. The molecule has 1 aliphatic heterocycles. The van der Waals surface area contributed by atoms with Crippen molar-refractivity contribution in [3.8, 4) is 0 Å². The second kappa shape index (κ2) is 6.58. The highest BCUT2D eigenvalue weighted by Crippen LogP contribution is 2.27. The molecule has 2 heterocycles. The van der Waals surface area contributed by atoms with Crippen molar-refractivity contribution < 1.29 is 14.3 Å². The standard InChI is InChI=1S/C15H25N3O3/c1-12-16-13(10-21-12)9-18-8-4-6-15(20,11-18)7-5-14(19)17(2)3/h10,20H,4-9,11H2,1-3H3/t15-/m1/s1. The van der Waals surface area contributed by atoms with Crippen molar-refractivity contribution in [3.05, 3.63) is 17.8 Å². The minimum atomic E-state index is -0.775. The molecule has 1 N–H and O–H groups in total. The van der Waals surface area contributed by atoms with Crippen LogP contribution in [0.15, 0.2) is 10.7 Å². The Morgan fingerprint density at radius 2 is 2.33 bits per heavy atom. The molecule has 21 heavy (non-hydrogen) atoms. The molecule has 0 saturated carbocycles. The third-order valence-corrected chi connectivity index (χ3v) is 3.99. The van der Waals surface area contributed by atoms with Crippen LogP contribution in [-0.2, 0) is 11.3 Å². The first-order valence-electron chi connectivity index (χ1n) is 7.44. The minimum Gasteiger partial charge on any atom is -0.449 e. The summed E-state index contributed by atoms with van der Waals surface area (Å²) in [5.41, 5.74) is 0.115. The smallest absolute Gasteiger partial charge is 0.222 e. The molecule has 1 fully saturated rings. The Morgan fingerprint density at radius 1 is 1.57 bits per heavy atom. The van der Waals surface area contributed by atoms with Gasteiger partial charge >= 0.3 is 0 Å². The molecule has 118 valence electrons. The number of hydrogen-bond acceptors (Lipinski definition) is 5. The highest BCUT2D eigenvalue weighted by atomic mass is 16.3. The van der Waals surface area contributed by atoms with Gasteiger partial charge in [0.2, 0.25) is 5.91 Å². The number of nitrogens with zero attached hydrogens (tertiary/aromatic N) is 3. The number of aryl methyl sites for hydroxylation is 1. The van der Waals surface area contributed by atoms with Gasteiger partial charge in [0.05, 0.1) is 11.3 Å². The second-order valence-corrected chi connectivity index (χ2v) is 6.18. The number of piperidine rings is 1. The van der Waals surface area contributed by atoms with Crippen molar-refractivity contribution >= 4 is 5.91 Å². The highest BCUT2D eigenvalue weighted by Gasteiger charge is 2.33. The van der Waals surface area contributed by atoms with Crippen LogP contribution in [0.25, 0.3) is 0 Å². The molecule has 1 amide bonds. The van der Waals surface area contributed by atoms with Gasteiger partial charge in [0.15, 0.2) is 5.89 Å². The largest absolute Gasteiger partial charge is 0.449 e. The van der Waals surface area contributed by atoms with Crippen LogP contribution < -0.4 is 0 Å². The molecule has 1 saturated heterocycles. The van der Waals surface area contributed by atoms with E-state index in [-0.39, 0.29) is 5.91 Å². The Kier molecular flexibility index (Phi) is 5.00. The molecule has 0 aromatic carbocycles. The van der Waals surface area contributed by atoms with E-state index >= 15 is 0 Å². The molecule has 1 aromatic heterocycles. The van der Waals surface area contributed by atoms with Gasteiger partial charge in [-0.05, 0) is 25.8 Å². The zero-order valence-corrected chi connectivity index (χ0v) is 13.1. The van der Waals surface area contributed by atoms with Gasteiger partial charge in [-0.15, -0.1) is 0 Å². The molecule has 1 aliphatic rings. The Labute approximate surface area is 125 Å². The van der Waals surface area contributed by atoms with Gasteiger partial charge in [0.25, 0.3) is 0 Å². The van der Waals surface area contributed by atoms with Gasteiger partial charge < -0.3 is 14.4 Å². The fourth-order valence-corrected chi connectivity index (χ4v) is 2.82. The predicted molar refractivity (Wildman–Crippen MR) is 78.6 cm³/mol. The van der Waals surface area contributed by atoms with E-state index in [2.05, 4.69) is 9.88 Å². The van der Waals surface area contributed by atoms with E-state index in [1.54, 1.807) is 25.3 Å². The summed E-state index contributed by atoms with van der Waals surface area (Å²) in [6.45, 7) is 4.03. The molecule has 0 spiro atoms. The maximum atomic E-state index is 11.7. The molecule has 0 bridgehead atoms. The predicted octanol–water partition coefficient (Wildman–Crippen LogP) is 1.18. The average Bonchev–Trinajstić information content (AvgIpc) is 2.81. The quantitative estimate of drug-likeness (QED) is 0.883. The number of likely N-dealkylation sites (tertiary alicyclic amines) is 1. The van der Waals surface area contributed by atoms with E-state index in [1.165, 1.54) is 0 Å². The van der Waals surface area contributed by atoms with Crippen molar-refractivity contribution in [3.63, 3.8) is 0 Å². The summed E-state index contributed by atoms with van der Waals surface area (Å²) < 4.78 is 5.21. The third-order valence-electron chi connectivity index (χ3n) is 3.99. The monoisotopic (exact) mass is 295 g/mol. The Bertz CT molecular complexity index is 486. The summed E-state index contributed by atoms with van der Waals surface area (Å²) in [7, 11) is 3.49. The molecule has 0 unspecified atom stereocenters. The Hall–Kier alpha value is -1.40. The van der Waals surface area contributed by atoms with Crippen LogP contribution in [0, 0.1) is 6.92 Å². The van der Waals surface area contributed by atoms with Crippen LogP contribution in [-0.4, -0.2) is 58.6 Å². The second-order valence-electron chi connectivity index (χ2n) is 6.18. The van der Waals surface area contributed by atoms with Crippen LogP contribution in [0.3, 0.4) is 0 Å². The van der Waals surface area contributed by atoms with Gasteiger partial charge in [0, 0.05) is 40.5 Å². The van der Waals surface area contributed by atoms with Gasteiger partial charge in [-0.3, -0.25) is 9.69 Å². The number of amides is 1. The fraction of sp³-hybridized carbons (Fsp3) is 0.733. The van der Waals surface area contributed by atoms with E-state index in [4.69, 9.17) is 4.42 Å². The van der Waals surface area contributed by atoms with E-state index in [9.17, 15) is 9.90 Å². The zero-order valence-electron chi connectivity index (χ0n) is 13.1. The molecule has 1 atom stereocenters. The number of oxazole rings is 1. The number of carbonyl (C=O) groups excluding carboxylic acids is 1. The Balaban J connectivity index is 1.88. The summed E-state index contributed by atoms with van der Waals surface area (Å²) in [4.78, 5) is 19.7. The van der Waals surface area contributed by atoms with E-state index in [0.717, 1.165) is 25.1 Å². The minimum absolute atomic E-state index is 0.0627. The normalized spacial score (nSPS) is 23.2. The van der Waals surface area contributed by atoms with E-state index in [1.807, 2.05) is 6.92 Å². The van der Waals surface area contributed by atoms with Crippen LogP contribution in [0.2, 0.25) is 0 Å². The lowest BCUT2D eigenvalue weighted by molar-refractivity contribution is -0.130. The zero-order chi connectivity index (χ0) is 15.5. The van der Waals surface area contributed by atoms with Crippen molar-refractivity contribution in [1.82, 2.24) is 14.8 Å². The van der Waals surface area contributed by atoms with E-state index < -0.39 is 5.60 Å². The van der Waals surface area contributed by atoms with E-state index in [0.29, 0.717) is 31.8 Å². The molecule has 2 rings (SSSR count). The molecular weight excluding hydrogens is 270 g/mol. The lowest BCUT2D eigenvalue weighted by Gasteiger charge is -2.39. The maximum absolute atomic E-state index is 11.7. The van der Waals surface area contributed by atoms with Gasteiger partial charge in [0.1, 0.15) is 6.26 Å². The summed E-state index contributed by atoms with van der Waals surface area (Å²) in [5.74, 6) is 0.724. The number of aromatic nitrogens is 1. The molecular formula is C15H25N3O3. The number of carbonyl (C=O) groups is 1. The first-order chi connectivity index (χ1) is 9.88. The van der Waals surface area contributed by atoms with Crippen LogP contribution in [0.1, 0.15) is 37.3 Å². The first-order valence-corrected chi connectivity index (χ1v) is 7.44. The number of hydrogen-bond donors (Lipinski definition) is 1. The third kappa shape index (κ3) is 4.54. The SMILES string of the molecule is Cc1nc(CN2CCC[C@@](O)(CCC(=O)N(C)C)C2)co1. The van der Waals surface area contributed by atoms with Gasteiger partial charge in [-0.25, -0.2) is 4.98 Å². The molecule has 1 aromatic rings. The van der Waals surface area contributed by atoms with Crippen molar-refractivity contribution in [2.75, 3.05) is 27.2 Å². The van der Waals surface area contributed by atoms with Gasteiger partial charge in [-0.1, -0.05) is 0 Å². The first kappa shape index (κ1) is 16.0. The Morgan fingerprint density at radius 3 is 2.95 bits per heavy atom.